The molecule has 0 bridgehead atoms. The number of hydrazone groups is 1. The number of furan rings is 1. The van der Waals surface area contributed by atoms with Gasteiger partial charge in [0.15, 0.2) is 0 Å². The number of nitrogens with one attached hydrogen (secondary N) is 1. The predicted molar refractivity (Wildman–Crippen MR) is 70.9 cm³/mol. The minimum absolute atomic E-state index is 0.147. The van der Waals surface area contributed by atoms with Crippen LogP contribution in [0.2, 0.25) is 0 Å². The van der Waals surface area contributed by atoms with Gasteiger partial charge in [-0.1, -0.05) is 0 Å². The van der Waals surface area contributed by atoms with Gasteiger partial charge in [0, 0.05) is 5.69 Å². The minimum atomic E-state index is -0.231. The van der Waals surface area contributed by atoms with Crippen molar-refractivity contribution in [1.29, 1.82) is 0 Å². The van der Waals surface area contributed by atoms with E-state index in [0.717, 1.165) is 17.1 Å². The van der Waals surface area contributed by atoms with Crippen molar-refractivity contribution in [1.82, 2.24) is 15.2 Å². The van der Waals surface area contributed by atoms with Crippen LogP contribution in [0.4, 0.5) is 0 Å². The van der Waals surface area contributed by atoms with Crippen molar-refractivity contribution in [3.8, 4) is 0 Å². The van der Waals surface area contributed by atoms with Crippen LogP contribution in [0.3, 0.4) is 0 Å². The third-order valence-corrected chi connectivity index (χ3v) is 2.54. The lowest BCUT2D eigenvalue weighted by Crippen LogP contribution is -2.24. The van der Waals surface area contributed by atoms with Crippen LogP contribution in [0.25, 0.3) is 0 Å². The molecule has 0 aromatic carbocycles. The number of carbonyl (C=O) groups is 1. The highest BCUT2D eigenvalue weighted by atomic mass is 16.3. The summed E-state index contributed by atoms with van der Waals surface area (Å²) in [6.07, 6.45) is 1.46. The topological polar surface area (TPSA) is 72.4 Å². The van der Waals surface area contributed by atoms with Crippen LogP contribution in [-0.4, -0.2) is 21.9 Å². The summed E-state index contributed by atoms with van der Waals surface area (Å²) in [7, 11) is 0. The number of amides is 1. The second-order valence-corrected chi connectivity index (χ2v) is 4.33. The average Bonchev–Trinajstić information content (AvgIpc) is 2.86. The Morgan fingerprint density at radius 2 is 2.26 bits per heavy atom. The maximum Gasteiger partial charge on any atom is 0.261 e. The van der Waals surface area contributed by atoms with Gasteiger partial charge in [-0.3, -0.25) is 9.48 Å². The summed E-state index contributed by atoms with van der Waals surface area (Å²) in [5, 5.41) is 8.03. The van der Waals surface area contributed by atoms with Crippen LogP contribution in [0, 0.1) is 20.8 Å². The van der Waals surface area contributed by atoms with Gasteiger partial charge in [0.05, 0.1) is 11.9 Å². The van der Waals surface area contributed by atoms with Gasteiger partial charge in [-0.15, -0.1) is 0 Å². The molecule has 1 N–H and O–H groups in total. The smallest absolute Gasteiger partial charge is 0.261 e. The van der Waals surface area contributed by atoms with E-state index < -0.39 is 0 Å². The highest BCUT2D eigenvalue weighted by molar-refractivity contribution is 5.80. The van der Waals surface area contributed by atoms with Crippen molar-refractivity contribution in [2.45, 2.75) is 27.3 Å². The van der Waals surface area contributed by atoms with Crippen molar-refractivity contribution >= 4 is 12.1 Å². The molecule has 6 nitrogen and oxygen atoms in total. The number of hydrogen-bond donors (Lipinski definition) is 1. The molecule has 0 unspecified atom stereocenters. The zero-order chi connectivity index (χ0) is 13.8. The molecule has 2 heterocycles. The van der Waals surface area contributed by atoms with Crippen LogP contribution in [-0.2, 0) is 11.3 Å². The molecule has 0 radical (unpaired) electrons. The standard InChI is InChI=1S/C13H16N4O2/c1-9-6-10(2)17(16-9)8-13(18)15-14-7-12-5-4-11(3)19-12/h4-7H,8H2,1-3H3,(H,15,18)/b14-7+. The SMILES string of the molecule is Cc1cc(C)n(CC(=O)N/N=C/c2ccc(C)o2)n1. The van der Waals surface area contributed by atoms with Gasteiger partial charge in [0.2, 0.25) is 0 Å². The zero-order valence-corrected chi connectivity index (χ0v) is 11.2. The summed E-state index contributed by atoms with van der Waals surface area (Å²) < 4.78 is 6.92. The van der Waals surface area contributed by atoms with E-state index in [1.54, 1.807) is 10.7 Å². The summed E-state index contributed by atoms with van der Waals surface area (Å²) in [5.74, 6) is 1.17. The molecule has 0 aliphatic rings. The predicted octanol–water partition coefficient (Wildman–Crippen LogP) is 1.55. The first kappa shape index (κ1) is 13.1. The Hall–Kier alpha value is -2.37. The normalized spacial score (nSPS) is 11.1. The second-order valence-electron chi connectivity index (χ2n) is 4.33. The highest BCUT2D eigenvalue weighted by Crippen LogP contribution is 2.03. The van der Waals surface area contributed by atoms with Crippen LogP contribution in [0.1, 0.15) is 22.9 Å². The fourth-order valence-corrected chi connectivity index (χ4v) is 1.70. The largest absolute Gasteiger partial charge is 0.460 e. The fraction of sp³-hybridized carbons (Fsp3) is 0.308. The van der Waals surface area contributed by atoms with Crippen molar-refractivity contribution in [2.75, 3.05) is 0 Å². The molecule has 100 valence electrons. The van der Waals surface area contributed by atoms with Crippen LogP contribution in [0.15, 0.2) is 27.7 Å². The number of aromatic nitrogens is 2. The van der Waals surface area contributed by atoms with Gasteiger partial charge in [-0.05, 0) is 39.0 Å². The first-order valence-corrected chi connectivity index (χ1v) is 5.94. The molecule has 19 heavy (non-hydrogen) atoms. The molecule has 0 fully saturated rings. The highest BCUT2D eigenvalue weighted by Gasteiger charge is 2.05. The number of nitrogens with zero attached hydrogens (tertiary/aromatic N) is 3. The summed E-state index contributed by atoms with van der Waals surface area (Å²) in [4.78, 5) is 11.7. The average molecular weight is 260 g/mol. The Morgan fingerprint density at radius 1 is 1.47 bits per heavy atom. The molecule has 0 spiro atoms. The van der Waals surface area contributed by atoms with E-state index in [0.29, 0.717) is 5.76 Å². The van der Waals surface area contributed by atoms with Gasteiger partial charge in [-0.2, -0.15) is 10.2 Å². The molecule has 2 rings (SSSR count). The van der Waals surface area contributed by atoms with E-state index >= 15 is 0 Å². The second kappa shape index (κ2) is 5.51. The summed E-state index contributed by atoms with van der Waals surface area (Å²) in [6.45, 7) is 5.79. The number of hydrogen-bond acceptors (Lipinski definition) is 4. The first-order valence-electron chi connectivity index (χ1n) is 5.94. The zero-order valence-electron chi connectivity index (χ0n) is 11.2. The van der Waals surface area contributed by atoms with Crippen LogP contribution in [0.5, 0.6) is 0 Å². The Kier molecular flexibility index (Phi) is 3.79. The lowest BCUT2D eigenvalue weighted by molar-refractivity contribution is -0.121. The van der Waals surface area contributed by atoms with Crippen molar-refractivity contribution in [3.05, 3.63) is 41.1 Å². The van der Waals surface area contributed by atoms with Crippen molar-refractivity contribution in [3.63, 3.8) is 0 Å². The van der Waals surface area contributed by atoms with E-state index in [-0.39, 0.29) is 12.5 Å². The van der Waals surface area contributed by atoms with Gasteiger partial charge < -0.3 is 4.42 Å². The summed E-state index contributed by atoms with van der Waals surface area (Å²) in [5.41, 5.74) is 4.27. The number of rotatable bonds is 4. The maximum atomic E-state index is 11.7. The third kappa shape index (κ3) is 3.54. The van der Waals surface area contributed by atoms with Crippen LogP contribution < -0.4 is 5.43 Å². The molecule has 0 atom stereocenters. The van der Waals surface area contributed by atoms with Gasteiger partial charge in [-0.25, -0.2) is 5.43 Å². The Balaban J connectivity index is 1.88. The number of carbonyl (C=O) groups excluding carboxylic acids is 1. The lowest BCUT2D eigenvalue weighted by atomic mass is 10.4. The summed E-state index contributed by atoms with van der Waals surface area (Å²) in [6, 6.07) is 5.53. The quantitative estimate of drug-likeness (QED) is 0.669. The minimum Gasteiger partial charge on any atom is -0.460 e. The molecule has 0 saturated carbocycles. The van der Waals surface area contributed by atoms with Crippen LogP contribution >= 0.6 is 0 Å². The van der Waals surface area contributed by atoms with E-state index in [9.17, 15) is 4.79 Å². The monoisotopic (exact) mass is 260 g/mol. The van der Waals surface area contributed by atoms with E-state index in [4.69, 9.17) is 4.42 Å². The molecular weight excluding hydrogens is 244 g/mol. The molecule has 2 aromatic rings. The Morgan fingerprint density at radius 3 is 2.84 bits per heavy atom. The number of aryl methyl sites for hydroxylation is 3. The Labute approximate surface area is 111 Å². The van der Waals surface area contributed by atoms with Gasteiger partial charge >= 0.3 is 0 Å². The lowest BCUT2D eigenvalue weighted by Gasteiger charge is -2.02. The molecular formula is C13H16N4O2. The first-order chi connectivity index (χ1) is 9.04. The van der Waals surface area contributed by atoms with Crippen molar-refractivity contribution in [2.24, 2.45) is 5.10 Å². The molecule has 0 aliphatic heterocycles. The summed E-state index contributed by atoms with van der Waals surface area (Å²) >= 11 is 0. The van der Waals surface area contributed by atoms with Gasteiger partial charge in [0.25, 0.3) is 5.91 Å². The third-order valence-electron chi connectivity index (χ3n) is 2.54. The van der Waals surface area contributed by atoms with E-state index in [1.807, 2.05) is 32.9 Å². The van der Waals surface area contributed by atoms with E-state index in [1.165, 1.54) is 6.21 Å². The molecule has 1 amide bonds. The van der Waals surface area contributed by atoms with E-state index in [2.05, 4.69) is 15.6 Å². The molecule has 0 aliphatic carbocycles. The van der Waals surface area contributed by atoms with Crippen molar-refractivity contribution < 1.29 is 9.21 Å². The molecule has 0 saturated heterocycles. The molecule has 6 heteroatoms. The molecule has 2 aromatic heterocycles. The van der Waals surface area contributed by atoms with Gasteiger partial charge in [0.1, 0.15) is 18.1 Å². The fourth-order valence-electron chi connectivity index (χ4n) is 1.70. The maximum absolute atomic E-state index is 11.7. The Bertz CT molecular complexity index is 610.